The highest BCUT2D eigenvalue weighted by atomic mass is 35.5. The number of hydrogen-bond acceptors (Lipinski definition) is 4. The van der Waals surface area contributed by atoms with Gasteiger partial charge in [-0.3, -0.25) is 4.72 Å². The first-order valence-corrected chi connectivity index (χ1v) is 10.6. The third-order valence-electron chi connectivity index (χ3n) is 4.56. The summed E-state index contributed by atoms with van der Waals surface area (Å²) in [5, 5.41) is 5.08. The van der Waals surface area contributed by atoms with Crippen molar-refractivity contribution in [1.82, 2.24) is 5.32 Å². The van der Waals surface area contributed by atoms with Crippen LogP contribution >= 0.6 is 11.6 Å². The molecular formula is C20H19ClN2O3S. The Morgan fingerprint density at radius 2 is 1.74 bits per heavy atom. The van der Waals surface area contributed by atoms with Crippen LogP contribution in [0.1, 0.15) is 6.42 Å². The molecule has 1 aliphatic rings. The number of anilines is 1. The lowest BCUT2D eigenvalue weighted by Crippen LogP contribution is -2.20. The van der Waals surface area contributed by atoms with Crippen LogP contribution in [0.25, 0.3) is 10.8 Å². The van der Waals surface area contributed by atoms with Crippen LogP contribution in [-0.4, -0.2) is 27.6 Å². The molecule has 27 heavy (non-hydrogen) atoms. The first kappa shape index (κ1) is 18.1. The van der Waals surface area contributed by atoms with Crippen LogP contribution in [0, 0.1) is 0 Å². The predicted molar refractivity (Wildman–Crippen MR) is 108 cm³/mol. The van der Waals surface area contributed by atoms with E-state index in [2.05, 4.69) is 10.0 Å². The van der Waals surface area contributed by atoms with E-state index in [4.69, 9.17) is 16.3 Å². The number of nitrogens with one attached hydrogen (secondary N) is 2. The fourth-order valence-corrected chi connectivity index (χ4v) is 4.64. The van der Waals surface area contributed by atoms with Gasteiger partial charge in [0.25, 0.3) is 10.0 Å². The summed E-state index contributed by atoms with van der Waals surface area (Å²) >= 11 is 6.46. The second-order valence-corrected chi connectivity index (χ2v) is 8.52. The van der Waals surface area contributed by atoms with Gasteiger partial charge < -0.3 is 10.1 Å². The van der Waals surface area contributed by atoms with Crippen LogP contribution < -0.4 is 14.8 Å². The van der Waals surface area contributed by atoms with Gasteiger partial charge >= 0.3 is 0 Å². The summed E-state index contributed by atoms with van der Waals surface area (Å²) in [6.45, 7) is 1.71. The van der Waals surface area contributed by atoms with Crippen LogP contribution in [0.5, 0.6) is 5.75 Å². The Morgan fingerprint density at radius 3 is 2.44 bits per heavy atom. The van der Waals surface area contributed by atoms with Crippen molar-refractivity contribution >= 4 is 38.1 Å². The summed E-state index contributed by atoms with van der Waals surface area (Å²) in [5.74, 6) is 0.659. The highest BCUT2D eigenvalue weighted by Crippen LogP contribution is 2.39. The van der Waals surface area contributed by atoms with E-state index in [1.165, 1.54) is 0 Å². The lowest BCUT2D eigenvalue weighted by atomic mass is 10.1. The first-order chi connectivity index (χ1) is 13.0. The van der Waals surface area contributed by atoms with Crippen molar-refractivity contribution in [2.24, 2.45) is 0 Å². The smallest absolute Gasteiger partial charge is 0.261 e. The highest BCUT2D eigenvalue weighted by Gasteiger charge is 2.21. The van der Waals surface area contributed by atoms with Crippen LogP contribution in [0.15, 0.2) is 65.6 Å². The van der Waals surface area contributed by atoms with Crippen molar-refractivity contribution in [2.75, 3.05) is 17.8 Å². The van der Waals surface area contributed by atoms with E-state index in [1.54, 1.807) is 36.4 Å². The minimum Gasteiger partial charge on any atom is -0.488 e. The normalized spacial score (nSPS) is 17.1. The molecule has 1 aliphatic heterocycles. The fraction of sp³-hybridized carbons (Fsp3) is 0.200. The molecule has 0 radical (unpaired) electrons. The molecule has 5 nitrogen and oxygen atoms in total. The summed E-state index contributed by atoms with van der Waals surface area (Å²) in [6.07, 6.45) is 1.00. The van der Waals surface area contributed by atoms with E-state index >= 15 is 0 Å². The fourth-order valence-electron chi connectivity index (χ4n) is 3.21. The van der Waals surface area contributed by atoms with Gasteiger partial charge in [0.15, 0.2) is 0 Å². The van der Waals surface area contributed by atoms with E-state index in [-0.39, 0.29) is 11.0 Å². The quantitative estimate of drug-likeness (QED) is 0.676. The summed E-state index contributed by atoms with van der Waals surface area (Å²) in [5.41, 5.74) is 0.355. The molecule has 1 heterocycles. The van der Waals surface area contributed by atoms with Gasteiger partial charge in [-0.15, -0.1) is 0 Å². The second kappa shape index (κ2) is 7.38. The molecule has 0 saturated carbocycles. The van der Waals surface area contributed by atoms with Gasteiger partial charge in [-0.2, -0.15) is 0 Å². The Bertz CT molecular complexity index is 1070. The Labute approximate surface area is 163 Å². The van der Waals surface area contributed by atoms with Crippen LogP contribution in [0.3, 0.4) is 0 Å². The third kappa shape index (κ3) is 3.74. The highest BCUT2D eigenvalue weighted by molar-refractivity contribution is 7.92. The molecule has 1 atom stereocenters. The molecule has 0 bridgehead atoms. The molecular weight excluding hydrogens is 384 g/mol. The summed E-state index contributed by atoms with van der Waals surface area (Å²) < 4.78 is 34.3. The second-order valence-electron chi connectivity index (χ2n) is 6.43. The third-order valence-corrected chi connectivity index (χ3v) is 6.22. The zero-order valence-electron chi connectivity index (χ0n) is 14.5. The average Bonchev–Trinajstić information content (AvgIpc) is 3.19. The molecule has 1 fully saturated rings. The minimum absolute atomic E-state index is 0.0799. The molecule has 7 heteroatoms. The predicted octanol–water partition coefficient (Wildman–Crippen LogP) is 4.03. The largest absolute Gasteiger partial charge is 0.488 e. The summed E-state index contributed by atoms with van der Waals surface area (Å²) in [6, 6.07) is 17.4. The van der Waals surface area contributed by atoms with Crippen LogP contribution in [0.4, 0.5) is 5.69 Å². The molecule has 1 saturated heterocycles. The standard InChI is InChI=1S/C20H19ClN2O3S/c21-18-12-19(26-14-10-11-22-13-14)16-8-4-5-9-17(16)20(18)23-27(24,25)15-6-2-1-3-7-15/h1-9,12,14,22-23H,10-11,13H2/t14-/m1/s1. The maximum absolute atomic E-state index is 12.8. The molecule has 0 spiro atoms. The molecule has 3 aromatic carbocycles. The molecule has 4 rings (SSSR count). The monoisotopic (exact) mass is 402 g/mol. The van der Waals surface area contributed by atoms with E-state index in [0.717, 1.165) is 24.9 Å². The molecule has 0 aliphatic carbocycles. The van der Waals surface area contributed by atoms with Crippen LogP contribution in [0.2, 0.25) is 5.02 Å². The Hall–Kier alpha value is -2.28. The van der Waals surface area contributed by atoms with Gasteiger partial charge in [-0.1, -0.05) is 54.1 Å². The number of fused-ring (bicyclic) bond motifs is 1. The number of sulfonamides is 1. The maximum Gasteiger partial charge on any atom is 0.261 e. The number of ether oxygens (including phenoxy) is 1. The number of halogens is 1. The van der Waals surface area contributed by atoms with E-state index in [1.807, 2.05) is 24.3 Å². The molecule has 0 aromatic heterocycles. The lowest BCUT2D eigenvalue weighted by Gasteiger charge is -2.18. The number of rotatable bonds is 5. The summed E-state index contributed by atoms with van der Waals surface area (Å²) in [7, 11) is -3.75. The lowest BCUT2D eigenvalue weighted by molar-refractivity contribution is 0.226. The average molecular weight is 403 g/mol. The summed E-state index contributed by atoms with van der Waals surface area (Å²) in [4.78, 5) is 0.183. The molecule has 140 valence electrons. The van der Waals surface area contributed by atoms with Crippen molar-refractivity contribution < 1.29 is 13.2 Å². The van der Waals surface area contributed by atoms with Crippen molar-refractivity contribution in [3.63, 3.8) is 0 Å². The molecule has 3 aromatic rings. The topological polar surface area (TPSA) is 67.4 Å². The van der Waals surface area contributed by atoms with E-state index in [9.17, 15) is 8.42 Å². The van der Waals surface area contributed by atoms with Gasteiger partial charge in [0.1, 0.15) is 11.9 Å². The maximum atomic E-state index is 12.8. The molecule has 0 unspecified atom stereocenters. The van der Waals surface area contributed by atoms with Crippen molar-refractivity contribution in [2.45, 2.75) is 17.4 Å². The van der Waals surface area contributed by atoms with Crippen molar-refractivity contribution in [1.29, 1.82) is 0 Å². The minimum atomic E-state index is -3.75. The van der Waals surface area contributed by atoms with Gasteiger partial charge in [-0.05, 0) is 25.1 Å². The first-order valence-electron chi connectivity index (χ1n) is 8.71. The number of benzene rings is 3. The van der Waals surface area contributed by atoms with Crippen LogP contribution in [-0.2, 0) is 10.0 Å². The number of hydrogen-bond donors (Lipinski definition) is 2. The van der Waals surface area contributed by atoms with E-state index < -0.39 is 10.0 Å². The zero-order valence-corrected chi connectivity index (χ0v) is 16.1. The zero-order chi connectivity index (χ0) is 18.9. The SMILES string of the molecule is O=S(=O)(Nc1c(Cl)cc(O[C@@H]2CCNC2)c2ccccc12)c1ccccc1. The molecule has 2 N–H and O–H groups in total. The van der Waals surface area contributed by atoms with E-state index in [0.29, 0.717) is 21.8 Å². The van der Waals surface area contributed by atoms with Gasteiger partial charge in [0, 0.05) is 23.4 Å². The van der Waals surface area contributed by atoms with Gasteiger partial charge in [-0.25, -0.2) is 8.42 Å². The Morgan fingerprint density at radius 1 is 1.04 bits per heavy atom. The van der Waals surface area contributed by atoms with Gasteiger partial charge in [0.2, 0.25) is 0 Å². The van der Waals surface area contributed by atoms with Crippen molar-refractivity contribution in [3.8, 4) is 5.75 Å². The Kier molecular flexibility index (Phi) is 4.95. The van der Waals surface area contributed by atoms with Crippen molar-refractivity contribution in [3.05, 3.63) is 65.7 Å². The Balaban J connectivity index is 1.76. The van der Waals surface area contributed by atoms with Gasteiger partial charge in [0.05, 0.1) is 15.6 Å². The molecule has 0 amide bonds.